The number of rotatable bonds is 3. The van der Waals surface area contributed by atoms with Crippen molar-refractivity contribution in [3.05, 3.63) is 18.2 Å². The molecule has 4 N–H and O–H groups in total. The Morgan fingerprint density at radius 1 is 1.56 bits per heavy atom. The second-order valence-corrected chi connectivity index (χ2v) is 4.27. The molecule has 0 fully saturated rings. The normalized spacial score (nSPS) is 20.3. The Labute approximate surface area is 105 Å². The second kappa shape index (κ2) is 4.83. The van der Waals surface area contributed by atoms with Crippen molar-refractivity contribution in [1.82, 2.24) is 0 Å². The number of ether oxygens (including phenoxy) is 1. The van der Waals surface area contributed by atoms with E-state index in [2.05, 4.69) is 0 Å². The number of benzene rings is 1. The summed E-state index contributed by atoms with van der Waals surface area (Å²) < 4.78 is 5.45. The second-order valence-electron chi connectivity index (χ2n) is 4.27. The molecule has 0 spiro atoms. The molecule has 0 saturated carbocycles. The van der Waals surface area contributed by atoms with Gasteiger partial charge in [-0.15, -0.1) is 0 Å². The number of amides is 1. The fourth-order valence-corrected chi connectivity index (χ4v) is 1.88. The molecular weight excluding hydrogens is 236 g/mol. The lowest BCUT2D eigenvalue weighted by Crippen LogP contribution is -2.48. The maximum atomic E-state index is 12.0. The van der Waals surface area contributed by atoms with Crippen LogP contribution in [0.1, 0.15) is 6.92 Å². The minimum absolute atomic E-state index is 0.0134. The Morgan fingerprint density at radius 2 is 2.28 bits per heavy atom. The molecule has 1 aromatic rings. The molecule has 0 radical (unpaired) electrons. The molecule has 1 aliphatic rings. The number of fused-ring (bicyclic) bond motifs is 1. The standard InChI is InChI=1S/C12H16N2O4/c1-7-12(17)14(5-9(16)6-15)10-4-8(13)2-3-11(10)18-7/h2-4,7,9,15-16H,5-6,13H2,1H3. The van der Waals surface area contributed by atoms with Crippen LogP contribution in [0.5, 0.6) is 5.75 Å². The first-order valence-corrected chi connectivity index (χ1v) is 5.69. The number of anilines is 2. The highest BCUT2D eigenvalue weighted by Gasteiger charge is 2.32. The monoisotopic (exact) mass is 252 g/mol. The van der Waals surface area contributed by atoms with Gasteiger partial charge in [-0.3, -0.25) is 4.79 Å². The number of nitrogens with zero attached hydrogens (tertiary/aromatic N) is 1. The van der Waals surface area contributed by atoms with E-state index in [1.807, 2.05) is 0 Å². The van der Waals surface area contributed by atoms with Gasteiger partial charge in [-0.05, 0) is 25.1 Å². The molecule has 0 saturated heterocycles. The number of nitrogen functional groups attached to an aromatic ring is 1. The predicted octanol–water partition coefficient (Wildman–Crippen LogP) is -0.264. The molecule has 1 heterocycles. The van der Waals surface area contributed by atoms with Crippen LogP contribution in [0.4, 0.5) is 11.4 Å². The highest BCUT2D eigenvalue weighted by Crippen LogP contribution is 2.35. The molecule has 1 amide bonds. The number of aliphatic hydroxyl groups is 2. The maximum Gasteiger partial charge on any atom is 0.267 e. The predicted molar refractivity (Wildman–Crippen MR) is 66.4 cm³/mol. The van der Waals surface area contributed by atoms with Crippen molar-refractivity contribution in [2.24, 2.45) is 0 Å². The largest absolute Gasteiger partial charge is 0.479 e. The Morgan fingerprint density at radius 3 is 2.94 bits per heavy atom. The zero-order valence-corrected chi connectivity index (χ0v) is 10.0. The number of nitrogens with two attached hydrogens (primary N) is 1. The van der Waals surface area contributed by atoms with Crippen molar-refractivity contribution in [2.45, 2.75) is 19.1 Å². The zero-order chi connectivity index (χ0) is 13.3. The van der Waals surface area contributed by atoms with Crippen molar-refractivity contribution in [3.8, 4) is 5.75 Å². The third-order valence-corrected chi connectivity index (χ3v) is 2.80. The van der Waals surface area contributed by atoms with Gasteiger partial charge in [0.1, 0.15) is 5.75 Å². The van der Waals surface area contributed by atoms with E-state index in [9.17, 15) is 9.90 Å². The van der Waals surface area contributed by atoms with Crippen molar-refractivity contribution in [3.63, 3.8) is 0 Å². The summed E-state index contributed by atoms with van der Waals surface area (Å²) in [5, 5.41) is 18.4. The Hall–Kier alpha value is -1.79. The minimum atomic E-state index is -0.992. The molecule has 1 aromatic carbocycles. The number of aliphatic hydroxyl groups excluding tert-OH is 2. The van der Waals surface area contributed by atoms with Crippen molar-refractivity contribution in [2.75, 3.05) is 23.8 Å². The SMILES string of the molecule is CC1Oc2ccc(N)cc2N(CC(O)CO)C1=O. The fourth-order valence-electron chi connectivity index (χ4n) is 1.88. The third kappa shape index (κ3) is 2.25. The lowest BCUT2D eigenvalue weighted by molar-refractivity contribution is -0.126. The summed E-state index contributed by atoms with van der Waals surface area (Å²) >= 11 is 0. The molecule has 2 atom stereocenters. The first-order valence-electron chi connectivity index (χ1n) is 5.69. The van der Waals surface area contributed by atoms with Gasteiger partial charge in [0, 0.05) is 5.69 Å². The Balaban J connectivity index is 2.37. The number of hydrogen-bond acceptors (Lipinski definition) is 5. The van der Waals surface area contributed by atoms with Gasteiger partial charge in [-0.2, -0.15) is 0 Å². The fraction of sp³-hybridized carbons (Fsp3) is 0.417. The maximum absolute atomic E-state index is 12.0. The molecule has 1 aliphatic heterocycles. The molecule has 0 bridgehead atoms. The number of hydrogen-bond donors (Lipinski definition) is 3. The van der Waals surface area contributed by atoms with Crippen LogP contribution in [-0.4, -0.2) is 41.5 Å². The molecule has 2 rings (SSSR count). The van der Waals surface area contributed by atoms with Crippen molar-refractivity contribution < 1.29 is 19.7 Å². The topological polar surface area (TPSA) is 96.0 Å². The molecule has 0 aliphatic carbocycles. The molecule has 6 heteroatoms. The van der Waals surface area contributed by atoms with Crippen molar-refractivity contribution >= 4 is 17.3 Å². The Bertz CT molecular complexity index is 463. The lowest BCUT2D eigenvalue weighted by Gasteiger charge is -2.34. The number of carbonyl (C=O) groups excluding carboxylic acids is 1. The molecule has 98 valence electrons. The van der Waals surface area contributed by atoms with Crippen LogP contribution in [0.25, 0.3) is 0 Å². The van der Waals surface area contributed by atoms with Crippen LogP contribution in [0, 0.1) is 0 Å². The quantitative estimate of drug-likeness (QED) is 0.644. The van der Waals surface area contributed by atoms with E-state index in [0.29, 0.717) is 17.1 Å². The van der Waals surface area contributed by atoms with Gasteiger partial charge in [0.15, 0.2) is 6.10 Å². The summed E-state index contributed by atoms with van der Waals surface area (Å²) in [6, 6.07) is 4.98. The smallest absolute Gasteiger partial charge is 0.267 e. The average molecular weight is 252 g/mol. The molecule has 2 unspecified atom stereocenters. The van der Waals surface area contributed by atoms with Crippen LogP contribution >= 0.6 is 0 Å². The van der Waals surface area contributed by atoms with Gasteiger partial charge in [0.2, 0.25) is 0 Å². The van der Waals surface area contributed by atoms with Gasteiger partial charge in [0.05, 0.1) is 24.9 Å². The van der Waals surface area contributed by atoms with Gasteiger partial charge >= 0.3 is 0 Å². The van der Waals surface area contributed by atoms with E-state index in [1.165, 1.54) is 4.90 Å². The van der Waals surface area contributed by atoms with Gasteiger partial charge in [-0.1, -0.05) is 0 Å². The van der Waals surface area contributed by atoms with Crippen LogP contribution in [-0.2, 0) is 4.79 Å². The zero-order valence-electron chi connectivity index (χ0n) is 10.0. The van der Waals surface area contributed by atoms with Crippen LogP contribution in [0.2, 0.25) is 0 Å². The third-order valence-electron chi connectivity index (χ3n) is 2.80. The molecule has 18 heavy (non-hydrogen) atoms. The van der Waals surface area contributed by atoms with Gasteiger partial charge in [0.25, 0.3) is 5.91 Å². The van der Waals surface area contributed by atoms with E-state index >= 15 is 0 Å². The minimum Gasteiger partial charge on any atom is -0.479 e. The van der Waals surface area contributed by atoms with E-state index in [0.717, 1.165) is 0 Å². The summed E-state index contributed by atoms with van der Waals surface area (Å²) in [7, 11) is 0. The van der Waals surface area contributed by atoms with Crippen molar-refractivity contribution in [1.29, 1.82) is 0 Å². The molecule has 6 nitrogen and oxygen atoms in total. The van der Waals surface area contributed by atoms with Crippen LogP contribution in [0.3, 0.4) is 0 Å². The van der Waals surface area contributed by atoms with Gasteiger partial charge in [-0.25, -0.2) is 0 Å². The number of β-amino-alcohol motifs (C(OH)–C–C–N with tert-alkyl or cyclic N) is 1. The summed E-state index contributed by atoms with van der Waals surface area (Å²) in [6.07, 6.45) is -1.61. The summed E-state index contributed by atoms with van der Waals surface area (Å²) in [5.74, 6) is 0.280. The van der Waals surface area contributed by atoms with Gasteiger partial charge < -0.3 is 25.6 Å². The first kappa shape index (κ1) is 12.7. The molecule has 0 aromatic heterocycles. The molecular formula is C12H16N2O4. The highest BCUT2D eigenvalue weighted by atomic mass is 16.5. The summed E-state index contributed by atoms with van der Waals surface area (Å²) in [4.78, 5) is 13.4. The summed E-state index contributed by atoms with van der Waals surface area (Å²) in [5.41, 5.74) is 6.70. The lowest BCUT2D eigenvalue weighted by atomic mass is 10.1. The first-order chi connectivity index (χ1) is 8.52. The van der Waals surface area contributed by atoms with Crippen LogP contribution < -0.4 is 15.4 Å². The Kier molecular flexibility index (Phi) is 3.40. The van der Waals surface area contributed by atoms with E-state index in [-0.39, 0.29) is 12.5 Å². The van der Waals surface area contributed by atoms with E-state index < -0.39 is 18.8 Å². The summed E-state index contributed by atoms with van der Waals surface area (Å²) in [6.45, 7) is 1.25. The van der Waals surface area contributed by atoms with E-state index in [1.54, 1.807) is 25.1 Å². The highest BCUT2D eigenvalue weighted by molar-refractivity contribution is 6.00. The average Bonchev–Trinajstić information content (AvgIpc) is 2.35. The number of carbonyl (C=O) groups is 1. The van der Waals surface area contributed by atoms with E-state index in [4.69, 9.17) is 15.6 Å². The van der Waals surface area contributed by atoms with Crippen LogP contribution in [0.15, 0.2) is 18.2 Å².